The van der Waals surface area contributed by atoms with E-state index in [-0.39, 0.29) is 52.6 Å². The van der Waals surface area contributed by atoms with Gasteiger partial charge in [0.15, 0.2) is 11.0 Å². The SMILES string of the molecule is O=C(O)CN(CCCOc1cc(C(F)(F)F)ccc1-c1cc(=O)c2cccc(Cl)c2o1)S(=O)(=O)C1CC1. The van der Waals surface area contributed by atoms with E-state index in [2.05, 4.69) is 0 Å². The molecule has 1 heterocycles. The number of carboxylic acid groups (broad SMARTS) is 1. The van der Waals surface area contributed by atoms with Crippen LogP contribution < -0.4 is 10.2 Å². The van der Waals surface area contributed by atoms with Crippen LogP contribution in [0, 0.1) is 0 Å². The minimum Gasteiger partial charge on any atom is -0.493 e. The van der Waals surface area contributed by atoms with Crippen molar-refractivity contribution in [2.75, 3.05) is 19.7 Å². The highest BCUT2D eigenvalue weighted by atomic mass is 35.5. The molecule has 13 heteroatoms. The maximum Gasteiger partial charge on any atom is 0.416 e. The van der Waals surface area contributed by atoms with E-state index >= 15 is 0 Å². The average Bonchev–Trinajstić information content (AvgIpc) is 3.67. The van der Waals surface area contributed by atoms with Crippen LogP contribution >= 0.6 is 11.6 Å². The number of nitrogens with zero attached hydrogens (tertiary/aromatic N) is 1. The van der Waals surface area contributed by atoms with Crippen LogP contribution in [0.25, 0.3) is 22.3 Å². The van der Waals surface area contributed by atoms with Crippen LogP contribution in [0.2, 0.25) is 5.02 Å². The first-order chi connectivity index (χ1) is 17.4. The first-order valence-corrected chi connectivity index (χ1v) is 13.0. The van der Waals surface area contributed by atoms with Gasteiger partial charge in [-0.25, -0.2) is 8.42 Å². The summed E-state index contributed by atoms with van der Waals surface area (Å²) in [5.41, 5.74) is -1.34. The average molecular weight is 560 g/mol. The molecule has 0 spiro atoms. The molecule has 3 aromatic rings. The largest absolute Gasteiger partial charge is 0.493 e. The fourth-order valence-corrected chi connectivity index (χ4v) is 5.78. The summed E-state index contributed by atoms with van der Waals surface area (Å²) in [6.07, 6.45) is -3.78. The third kappa shape index (κ3) is 6.08. The van der Waals surface area contributed by atoms with E-state index in [1.807, 2.05) is 0 Å². The number of ether oxygens (including phenoxy) is 1. The van der Waals surface area contributed by atoms with Crippen molar-refractivity contribution >= 4 is 38.6 Å². The molecule has 1 aliphatic carbocycles. The lowest BCUT2D eigenvalue weighted by molar-refractivity contribution is -0.138. The fourth-order valence-electron chi connectivity index (χ4n) is 3.74. The van der Waals surface area contributed by atoms with Gasteiger partial charge >= 0.3 is 12.1 Å². The second-order valence-electron chi connectivity index (χ2n) is 8.47. The number of hydrogen-bond acceptors (Lipinski definition) is 6. The Balaban J connectivity index is 1.61. The van der Waals surface area contributed by atoms with Crippen molar-refractivity contribution in [2.24, 2.45) is 0 Å². The molecule has 198 valence electrons. The molecule has 1 fully saturated rings. The summed E-state index contributed by atoms with van der Waals surface area (Å²) in [5, 5.41) is 8.80. The zero-order valence-corrected chi connectivity index (χ0v) is 20.7. The number of alkyl halides is 3. The van der Waals surface area contributed by atoms with Gasteiger partial charge in [-0.3, -0.25) is 9.59 Å². The van der Waals surface area contributed by atoms with E-state index in [0.29, 0.717) is 12.8 Å². The van der Waals surface area contributed by atoms with E-state index in [9.17, 15) is 31.2 Å². The van der Waals surface area contributed by atoms with Crippen molar-refractivity contribution in [1.82, 2.24) is 4.31 Å². The molecule has 8 nitrogen and oxygen atoms in total. The zero-order chi connectivity index (χ0) is 27.0. The number of halogens is 4. The van der Waals surface area contributed by atoms with Crippen LogP contribution in [0.3, 0.4) is 0 Å². The van der Waals surface area contributed by atoms with Crippen LogP contribution in [-0.4, -0.2) is 48.7 Å². The van der Waals surface area contributed by atoms with Gasteiger partial charge in [-0.1, -0.05) is 17.7 Å². The smallest absolute Gasteiger partial charge is 0.416 e. The highest BCUT2D eigenvalue weighted by Gasteiger charge is 2.40. The molecule has 0 atom stereocenters. The normalized spacial score (nSPS) is 14.3. The Morgan fingerprint density at radius 3 is 2.57 bits per heavy atom. The van der Waals surface area contributed by atoms with Crippen LogP contribution in [0.4, 0.5) is 13.2 Å². The maximum absolute atomic E-state index is 13.4. The van der Waals surface area contributed by atoms with Crippen molar-refractivity contribution in [2.45, 2.75) is 30.7 Å². The molecule has 0 amide bonds. The molecular formula is C24H21ClF3NO7S. The zero-order valence-electron chi connectivity index (χ0n) is 19.1. The van der Waals surface area contributed by atoms with Gasteiger partial charge in [-0.2, -0.15) is 17.5 Å². The molecule has 1 aliphatic rings. The second kappa shape index (κ2) is 10.3. The number of para-hydroxylation sites is 1. The van der Waals surface area contributed by atoms with Gasteiger partial charge < -0.3 is 14.3 Å². The van der Waals surface area contributed by atoms with Crippen molar-refractivity contribution in [3.05, 3.63) is 63.3 Å². The van der Waals surface area contributed by atoms with Gasteiger partial charge in [0, 0.05) is 12.6 Å². The minimum absolute atomic E-state index is 0.00239. The summed E-state index contributed by atoms with van der Waals surface area (Å²) >= 11 is 6.14. The monoisotopic (exact) mass is 559 g/mol. The molecular weight excluding hydrogens is 539 g/mol. The van der Waals surface area contributed by atoms with Crippen LogP contribution in [0.15, 0.2) is 51.7 Å². The molecule has 0 unspecified atom stereocenters. The molecule has 2 aromatic carbocycles. The van der Waals surface area contributed by atoms with Gasteiger partial charge in [0.2, 0.25) is 10.0 Å². The number of sulfonamides is 1. The van der Waals surface area contributed by atoms with Crippen molar-refractivity contribution in [3.8, 4) is 17.1 Å². The van der Waals surface area contributed by atoms with Gasteiger partial charge in [0.1, 0.15) is 18.1 Å². The summed E-state index contributed by atoms with van der Waals surface area (Å²) < 4.78 is 77.3. The summed E-state index contributed by atoms with van der Waals surface area (Å²) in [5.74, 6) is -1.65. The standard InChI is InChI=1S/C24H21ClF3NO7S/c25-18-4-1-3-16-19(30)12-21(36-23(16)18)17-8-5-14(24(26,27)28)11-20(17)35-10-2-9-29(13-22(31)32)37(33,34)15-6-7-15/h1,3-5,8,11-12,15H,2,6-7,9-10,13H2,(H,31,32). The molecule has 1 aromatic heterocycles. The van der Waals surface area contributed by atoms with Gasteiger partial charge in [0.05, 0.1) is 33.4 Å². The highest BCUT2D eigenvalue weighted by molar-refractivity contribution is 7.90. The van der Waals surface area contributed by atoms with Gasteiger partial charge in [-0.05, 0) is 49.6 Å². The fraction of sp³-hybridized carbons (Fsp3) is 0.333. The summed E-state index contributed by atoms with van der Waals surface area (Å²) in [6.45, 7) is -1.15. The molecule has 4 rings (SSSR count). The summed E-state index contributed by atoms with van der Waals surface area (Å²) in [6, 6.07) is 8.35. The topological polar surface area (TPSA) is 114 Å². The Kier molecular flexibility index (Phi) is 7.54. The van der Waals surface area contributed by atoms with Crippen LogP contribution in [-0.2, 0) is 21.0 Å². The molecule has 0 radical (unpaired) electrons. The molecule has 0 saturated heterocycles. The van der Waals surface area contributed by atoms with Crippen molar-refractivity contribution in [3.63, 3.8) is 0 Å². The van der Waals surface area contributed by atoms with E-state index in [1.54, 1.807) is 6.07 Å². The van der Waals surface area contributed by atoms with Crippen molar-refractivity contribution in [1.29, 1.82) is 0 Å². The third-order valence-corrected chi connectivity index (χ3v) is 8.35. The minimum atomic E-state index is -4.68. The highest BCUT2D eigenvalue weighted by Crippen LogP contribution is 2.38. The number of rotatable bonds is 10. The van der Waals surface area contributed by atoms with Gasteiger partial charge in [-0.15, -0.1) is 0 Å². The van der Waals surface area contributed by atoms with E-state index in [1.165, 1.54) is 12.1 Å². The number of fused-ring (bicyclic) bond motifs is 1. The van der Waals surface area contributed by atoms with E-state index in [0.717, 1.165) is 28.6 Å². The lowest BCUT2D eigenvalue weighted by atomic mass is 10.1. The molecule has 0 aliphatic heterocycles. The molecule has 37 heavy (non-hydrogen) atoms. The lowest BCUT2D eigenvalue weighted by Crippen LogP contribution is -2.39. The Morgan fingerprint density at radius 2 is 1.92 bits per heavy atom. The van der Waals surface area contributed by atoms with Crippen LogP contribution in [0.1, 0.15) is 24.8 Å². The van der Waals surface area contributed by atoms with E-state index in [4.69, 9.17) is 25.9 Å². The Hall–Kier alpha value is -3.09. The van der Waals surface area contributed by atoms with Crippen LogP contribution in [0.5, 0.6) is 5.75 Å². The summed E-state index contributed by atoms with van der Waals surface area (Å²) in [4.78, 5) is 23.7. The first kappa shape index (κ1) is 27.0. The second-order valence-corrected chi connectivity index (χ2v) is 11.1. The maximum atomic E-state index is 13.4. The Labute approximate surface area is 214 Å². The molecule has 0 bridgehead atoms. The van der Waals surface area contributed by atoms with Crippen molar-refractivity contribution < 1.29 is 40.6 Å². The van der Waals surface area contributed by atoms with Gasteiger partial charge in [0.25, 0.3) is 0 Å². The Bertz CT molecular complexity index is 1500. The molecule has 1 saturated carbocycles. The Morgan fingerprint density at radius 1 is 1.19 bits per heavy atom. The number of benzene rings is 2. The number of carboxylic acids is 1. The third-order valence-electron chi connectivity index (χ3n) is 5.71. The number of hydrogen-bond donors (Lipinski definition) is 1. The number of carbonyl (C=O) groups is 1. The predicted octanol–water partition coefficient (Wildman–Crippen LogP) is 4.78. The predicted molar refractivity (Wildman–Crippen MR) is 129 cm³/mol. The first-order valence-electron chi connectivity index (χ1n) is 11.2. The molecule has 1 N–H and O–H groups in total. The quantitative estimate of drug-likeness (QED) is 0.356. The van der Waals surface area contributed by atoms with E-state index < -0.39 is 45.0 Å². The lowest BCUT2D eigenvalue weighted by Gasteiger charge is -2.20. The number of aliphatic carboxylic acids is 1. The summed E-state index contributed by atoms with van der Waals surface area (Å²) in [7, 11) is -3.79.